The van der Waals surface area contributed by atoms with Crippen molar-refractivity contribution >= 4 is 5.97 Å². The summed E-state index contributed by atoms with van der Waals surface area (Å²) in [6, 6.07) is 0. The van der Waals surface area contributed by atoms with E-state index in [4.69, 9.17) is 4.74 Å². The van der Waals surface area contributed by atoms with Crippen LogP contribution in [0.3, 0.4) is 0 Å². The highest BCUT2D eigenvalue weighted by atomic mass is 16.5. The summed E-state index contributed by atoms with van der Waals surface area (Å²) >= 11 is 0. The van der Waals surface area contributed by atoms with Crippen molar-refractivity contribution in [3.8, 4) is 0 Å². The topological polar surface area (TPSA) is 26.3 Å². The van der Waals surface area contributed by atoms with Gasteiger partial charge >= 0.3 is 5.97 Å². The second kappa shape index (κ2) is 10.4. The summed E-state index contributed by atoms with van der Waals surface area (Å²) in [5.74, 6) is 0.825. The van der Waals surface area contributed by atoms with E-state index in [1.807, 2.05) is 0 Å². The maximum Gasteiger partial charge on any atom is 0.305 e. The van der Waals surface area contributed by atoms with Crippen LogP contribution in [0.25, 0.3) is 0 Å². The van der Waals surface area contributed by atoms with Crippen molar-refractivity contribution in [1.29, 1.82) is 0 Å². The van der Waals surface area contributed by atoms with E-state index >= 15 is 0 Å². The van der Waals surface area contributed by atoms with Crippen molar-refractivity contribution in [3.63, 3.8) is 0 Å². The highest BCUT2D eigenvalue weighted by Crippen LogP contribution is 2.27. The smallest absolute Gasteiger partial charge is 0.305 e. The molecule has 2 nitrogen and oxygen atoms in total. The van der Waals surface area contributed by atoms with Crippen LogP contribution in [0.2, 0.25) is 0 Å². The lowest BCUT2D eigenvalue weighted by Crippen LogP contribution is -2.08. The number of hydrogen-bond donors (Lipinski definition) is 0. The molecule has 0 amide bonds. The van der Waals surface area contributed by atoms with Crippen LogP contribution < -0.4 is 0 Å². The monoisotopic (exact) mass is 253 g/mol. The molecule has 105 valence electrons. The summed E-state index contributed by atoms with van der Waals surface area (Å²) in [6.45, 7) is 4.47. The Morgan fingerprint density at radius 1 is 1.06 bits per heavy atom. The average molecular weight is 253 g/mol. The fourth-order valence-corrected chi connectivity index (χ4v) is 2.69. The van der Waals surface area contributed by atoms with Gasteiger partial charge in [0.2, 0.25) is 0 Å². The average Bonchev–Trinajstić information content (AvgIpc) is 2.87. The third-order valence-corrected chi connectivity index (χ3v) is 3.89. The van der Waals surface area contributed by atoms with Crippen LogP contribution in [-0.2, 0) is 9.53 Å². The third-order valence-electron chi connectivity index (χ3n) is 3.89. The van der Waals surface area contributed by atoms with E-state index in [0.717, 1.165) is 31.6 Å². The minimum atomic E-state index is 0.00477. The zero-order chi connectivity index (χ0) is 13.1. The van der Waals surface area contributed by atoms with Gasteiger partial charge in [0, 0.05) is 6.42 Å². The van der Waals surface area contributed by atoms with Crippen LogP contribution in [0.4, 0.5) is 0 Å². The van der Waals surface area contributed by atoms with Gasteiger partial charge in [0.15, 0.2) is 0 Å². The second-order valence-corrected chi connectivity index (χ2v) is 5.53. The fraction of sp³-hybridized carbons (Fsp3) is 0.875. The van der Waals surface area contributed by atoms with Crippen molar-refractivity contribution in [2.45, 2.75) is 77.0 Å². The van der Waals surface area contributed by atoms with E-state index in [-0.39, 0.29) is 5.97 Å². The predicted octanol–water partition coefficient (Wildman–Crippen LogP) is 4.67. The molecular weight excluding hydrogens is 224 g/mol. The first-order valence-electron chi connectivity index (χ1n) is 7.78. The Balaban J connectivity index is 1.84. The van der Waals surface area contributed by atoms with E-state index < -0.39 is 0 Å². The minimum Gasteiger partial charge on any atom is -0.466 e. The maximum atomic E-state index is 11.5. The van der Waals surface area contributed by atoms with Crippen molar-refractivity contribution in [3.05, 3.63) is 6.92 Å². The minimum absolute atomic E-state index is 0.00477. The molecule has 0 spiro atoms. The quantitative estimate of drug-likeness (QED) is 0.417. The van der Waals surface area contributed by atoms with Gasteiger partial charge in [-0.1, -0.05) is 64.7 Å². The molecule has 0 unspecified atom stereocenters. The molecule has 0 saturated heterocycles. The van der Waals surface area contributed by atoms with Gasteiger partial charge in [-0.05, 0) is 18.8 Å². The number of hydrogen-bond acceptors (Lipinski definition) is 2. The molecule has 0 aliphatic heterocycles. The van der Waals surface area contributed by atoms with Gasteiger partial charge in [-0.2, -0.15) is 0 Å². The first-order chi connectivity index (χ1) is 8.83. The lowest BCUT2D eigenvalue weighted by Gasteiger charge is -2.09. The summed E-state index contributed by atoms with van der Waals surface area (Å²) in [6.07, 6.45) is 14.0. The SMILES string of the molecule is [CH2]CCCCCCCC(=O)OCCC1CCCC1. The van der Waals surface area contributed by atoms with Crippen LogP contribution in [-0.4, -0.2) is 12.6 Å². The highest BCUT2D eigenvalue weighted by Gasteiger charge is 2.15. The summed E-state index contributed by atoms with van der Waals surface area (Å²) in [7, 11) is 0. The van der Waals surface area contributed by atoms with Crippen molar-refractivity contribution in [1.82, 2.24) is 0 Å². The molecule has 0 atom stereocenters. The first-order valence-corrected chi connectivity index (χ1v) is 7.78. The first kappa shape index (κ1) is 15.5. The van der Waals surface area contributed by atoms with E-state index in [1.165, 1.54) is 44.9 Å². The standard InChI is InChI=1S/C16H29O2/c1-2-3-4-5-6-7-12-16(17)18-14-13-15-10-8-9-11-15/h15H,1-14H2. The molecule has 0 heterocycles. The van der Waals surface area contributed by atoms with E-state index in [9.17, 15) is 4.79 Å². The molecule has 18 heavy (non-hydrogen) atoms. The van der Waals surface area contributed by atoms with Crippen LogP contribution >= 0.6 is 0 Å². The van der Waals surface area contributed by atoms with Gasteiger partial charge in [0.1, 0.15) is 0 Å². The van der Waals surface area contributed by atoms with Crippen LogP contribution in [0.5, 0.6) is 0 Å². The largest absolute Gasteiger partial charge is 0.466 e. The highest BCUT2D eigenvalue weighted by molar-refractivity contribution is 5.69. The molecule has 2 heteroatoms. The number of ether oxygens (including phenoxy) is 1. The molecule has 1 saturated carbocycles. The van der Waals surface area contributed by atoms with Crippen LogP contribution in [0.15, 0.2) is 0 Å². The van der Waals surface area contributed by atoms with Crippen LogP contribution in [0.1, 0.15) is 77.0 Å². The van der Waals surface area contributed by atoms with Crippen molar-refractivity contribution in [2.24, 2.45) is 5.92 Å². The van der Waals surface area contributed by atoms with E-state index in [1.54, 1.807) is 0 Å². The number of carbonyl (C=O) groups is 1. The summed E-state index contributed by atoms with van der Waals surface area (Å²) in [4.78, 5) is 11.5. The van der Waals surface area contributed by atoms with Crippen LogP contribution in [0, 0.1) is 12.8 Å². The number of carbonyl (C=O) groups excluding carboxylic acids is 1. The van der Waals surface area contributed by atoms with Crippen molar-refractivity contribution in [2.75, 3.05) is 6.61 Å². The Morgan fingerprint density at radius 3 is 2.44 bits per heavy atom. The summed E-state index contributed by atoms with van der Waals surface area (Å²) in [5, 5.41) is 0. The van der Waals surface area contributed by atoms with Gasteiger partial charge in [0.25, 0.3) is 0 Å². The van der Waals surface area contributed by atoms with Crippen molar-refractivity contribution < 1.29 is 9.53 Å². The third kappa shape index (κ3) is 7.73. The molecule has 1 radical (unpaired) electrons. The van der Waals surface area contributed by atoms with Gasteiger partial charge in [-0.3, -0.25) is 4.79 Å². The molecule has 0 aromatic rings. The zero-order valence-corrected chi connectivity index (χ0v) is 11.8. The Morgan fingerprint density at radius 2 is 1.72 bits per heavy atom. The Labute approximate surface area is 112 Å². The maximum absolute atomic E-state index is 11.5. The molecule has 1 aliphatic carbocycles. The molecule has 0 aromatic carbocycles. The summed E-state index contributed by atoms with van der Waals surface area (Å²) < 4.78 is 5.28. The number of esters is 1. The fourth-order valence-electron chi connectivity index (χ4n) is 2.69. The molecule has 0 aromatic heterocycles. The molecule has 0 bridgehead atoms. The number of unbranched alkanes of at least 4 members (excludes halogenated alkanes) is 5. The normalized spacial score (nSPS) is 16.1. The van der Waals surface area contributed by atoms with Gasteiger partial charge < -0.3 is 4.74 Å². The van der Waals surface area contributed by atoms with E-state index in [2.05, 4.69) is 6.92 Å². The molecule has 1 aliphatic rings. The Bertz CT molecular complexity index is 207. The molecule has 1 fully saturated rings. The molecule has 1 rings (SSSR count). The van der Waals surface area contributed by atoms with E-state index in [0.29, 0.717) is 13.0 Å². The number of rotatable bonds is 10. The zero-order valence-electron chi connectivity index (χ0n) is 11.8. The Hall–Kier alpha value is -0.530. The summed E-state index contributed by atoms with van der Waals surface area (Å²) in [5.41, 5.74) is 0. The Kier molecular flexibility index (Phi) is 8.97. The van der Waals surface area contributed by atoms with Gasteiger partial charge in [-0.15, -0.1) is 0 Å². The van der Waals surface area contributed by atoms with Gasteiger partial charge in [0.05, 0.1) is 6.61 Å². The predicted molar refractivity (Wildman–Crippen MR) is 75.2 cm³/mol. The molecule has 0 N–H and O–H groups in total. The molecular formula is C16H29O2. The lowest BCUT2D eigenvalue weighted by atomic mass is 10.1. The second-order valence-electron chi connectivity index (χ2n) is 5.53. The lowest BCUT2D eigenvalue weighted by molar-refractivity contribution is -0.144. The van der Waals surface area contributed by atoms with Gasteiger partial charge in [-0.25, -0.2) is 0 Å².